The van der Waals surface area contributed by atoms with Crippen molar-refractivity contribution in [3.05, 3.63) is 45.1 Å². The Hall–Kier alpha value is -2.44. The molecule has 3 rings (SSSR count). The summed E-state index contributed by atoms with van der Waals surface area (Å²) in [7, 11) is 0. The molecule has 0 unspecified atom stereocenters. The molecule has 0 fully saturated rings. The molecule has 0 radical (unpaired) electrons. The van der Waals surface area contributed by atoms with E-state index in [4.69, 9.17) is 0 Å². The van der Waals surface area contributed by atoms with E-state index in [-0.39, 0.29) is 11.5 Å². The van der Waals surface area contributed by atoms with E-state index in [1.165, 1.54) is 4.68 Å². The van der Waals surface area contributed by atoms with Gasteiger partial charge < -0.3 is 5.32 Å². The largest absolute Gasteiger partial charge is 0.352 e. The zero-order chi connectivity index (χ0) is 17.3. The van der Waals surface area contributed by atoms with Crippen LogP contribution in [0.4, 0.5) is 0 Å². The fraction of sp³-hybridized carbons (Fsp3) is 0.529. The number of hydrogen-bond acceptors (Lipinski definition) is 4. The molecule has 0 saturated heterocycles. The Morgan fingerprint density at radius 1 is 1.29 bits per heavy atom. The third kappa shape index (κ3) is 3.25. The van der Waals surface area contributed by atoms with Gasteiger partial charge in [0.1, 0.15) is 6.04 Å². The van der Waals surface area contributed by atoms with Crippen molar-refractivity contribution in [3.63, 3.8) is 0 Å². The number of fused-ring (bicyclic) bond motifs is 1. The lowest BCUT2D eigenvalue weighted by atomic mass is 10.2. The number of hydrogen-bond donors (Lipinski definition) is 1. The van der Waals surface area contributed by atoms with Crippen LogP contribution < -0.4 is 10.9 Å². The van der Waals surface area contributed by atoms with E-state index >= 15 is 0 Å². The van der Waals surface area contributed by atoms with E-state index < -0.39 is 6.04 Å². The van der Waals surface area contributed by atoms with Gasteiger partial charge in [-0.2, -0.15) is 10.2 Å². The van der Waals surface area contributed by atoms with Gasteiger partial charge in [-0.15, -0.1) is 0 Å². The molecular weight excluding hydrogens is 306 g/mol. The van der Waals surface area contributed by atoms with Gasteiger partial charge in [0.25, 0.3) is 5.56 Å². The summed E-state index contributed by atoms with van der Waals surface area (Å²) in [4.78, 5) is 24.5. The molecule has 0 bridgehead atoms. The van der Waals surface area contributed by atoms with Gasteiger partial charge in [-0.25, -0.2) is 4.68 Å². The van der Waals surface area contributed by atoms with Gasteiger partial charge in [-0.05, 0) is 51.7 Å². The average molecular weight is 329 g/mol. The molecule has 1 atom stereocenters. The second-order valence-corrected chi connectivity index (χ2v) is 6.37. The summed E-state index contributed by atoms with van der Waals surface area (Å²) >= 11 is 0. The highest BCUT2D eigenvalue weighted by Crippen LogP contribution is 2.17. The highest BCUT2D eigenvalue weighted by atomic mass is 16.2. The van der Waals surface area contributed by atoms with Crippen molar-refractivity contribution in [3.8, 4) is 0 Å². The number of carbonyl (C=O) groups is 1. The van der Waals surface area contributed by atoms with E-state index in [2.05, 4.69) is 15.5 Å². The minimum absolute atomic E-state index is 0.205. The first kappa shape index (κ1) is 16.4. The zero-order valence-electron chi connectivity index (χ0n) is 14.4. The average Bonchev–Trinajstić information content (AvgIpc) is 3.11. The molecule has 1 aliphatic carbocycles. The molecule has 24 heavy (non-hydrogen) atoms. The van der Waals surface area contributed by atoms with Gasteiger partial charge in [-0.3, -0.25) is 14.3 Å². The topological polar surface area (TPSA) is 81.8 Å². The Balaban J connectivity index is 1.63. The number of rotatable bonds is 5. The third-order valence-corrected chi connectivity index (χ3v) is 4.45. The van der Waals surface area contributed by atoms with Crippen molar-refractivity contribution in [1.29, 1.82) is 0 Å². The third-order valence-electron chi connectivity index (χ3n) is 4.45. The molecule has 0 spiro atoms. The number of carbonyl (C=O) groups excluding carboxylic acids is 1. The SMILES string of the molecule is Cc1cc(C)n(CCNC(=O)[C@H](C)n2nc3c(cc2=O)CCC3)n1. The van der Waals surface area contributed by atoms with Crippen molar-refractivity contribution in [2.75, 3.05) is 6.54 Å². The monoisotopic (exact) mass is 329 g/mol. The Kier molecular flexibility index (Phi) is 4.51. The molecule has 1 amide bonds. The van der Waals surface area contributed by atoms with Crippen LogP contribution in [0.1, 0.15) is 42.0 Å². The summed E-state index contributed by atoms with van der Waals surface area (Å²) in [6.07, 6.45) is 2.80. The van der Waals surface area contributed by atoms with Crippen LogP contribution in [0, 0.1) is 13.8 Å². The number of nitrogens with zero attached hydrogens (tertiary/aromatic N) is 4. The molecule has 0 aromatic carbocycles. The number of aromatic nitrogens is 4. The minimum Gasteiger partial charge on any atom is -0.352 e. The van der Waals surface area contributed by atoms with Crippen LogP contribution in [0.2, 0.25) is 0 Å². The second kappa shape index (κ2) is 6.59. The molecular formula is C17H23N5O2. The Bertz CT molecular complexity index is 821. The van der Waals surface area contributed by atoms with Gasteiger partial charge in [0.2, 0.25) is 5.91 Å². The highest BCUT2D eigenvalue weighted by molar-refractivity contribution is 5.79. The summed E-state index contributed by atoms with van der Waals surface area (Å²) in [5.41, 5.74) is 3.77. The van der Waals surface area contributed by atoms with Gasteiger partial charge in [-0.1, -0.05) is 0 Å². The number of aryl methyl sites for hydroxylation is 4. The molecule has 0 aliphatic heterocycles. The maximum atomic E-state index is 12.3. The molecule has 7 nitrogen and oxygen atoms in total. The molecule has 1 N–H and O–H groups in total. The van der Waals surface area contributed by atoms with E-state index in [1.54, 1.807) is 13.0 Å². The minimum atomic E-state index is -0.621. The quantitative estimate of drug-likeness (QED) is 0.884. The normalized spacial score (nSPS) is 14.5. The summed E-state index contributed by atoms with van der Waals surface area (Å²) < 4.78 is 3.16. The van der Waals surface area contributed by atoms with Crippen LogP contribution in [0.15, 0.2) is 16.9 Å². The van der Waals surface area contributed by atoms with Crippen LogP contribution in [0.3, 0.4) is 0 Å². The van der Waals surface area contributed by atoms with Gasteiger partial charge in [0.05, 0.1) is 17.9 Å². The molecule has 1 aliphatic rings. The predicted molar refractivity (Wildman–Crippen MR) is 89.9 cm³/mol. The first-order valence-electron chi connectivity index (χ1n) is 8.36. The molecule has 7 heteroatoms. The van der Waals surface area contributed by atoms with Crippen LogP contribution >= 0.6 is 0 Å². The lowest BCUT2D eigenvalue weighted by Gasteiger charge is -2.15. The fourth-order valence-corrected chi connectivity index (χ4v) is 3.14. The fourth-order valence-electron chi connectivity index (χ4n) is 3.14. The van der Waals surface area contributed by atoms with Crippen LogP contribution in [0.5, 0.6) is 0 Å². The van der Waals surface area contributed by atoms with E-state index in [9.17, 15) is 9.59 Å². The standard InChI is InChI=1S/C17H23N5O2/c1-11-9-12(2)21(19-11)8-7-18-17(24)13(3)22-16(23)10-14-5-4-6-15(14)20-22/h9-10,13H,4-8H2,1-3H3,(H,18,24)/t13-/m0/s1. The van der Waals surface area contributed by atoms with Crippen LogP contribution in [-0.4, -0.2) is 32.0 Å². The van der Waals surface area contributed by atoms with Crippen molar-refractivity contribution in [2.45, 2.75) is 52.6 Å². The highest BCUT2D eigenvalue weighted by Gasteiger charge is 2.21. The summed E-state index contributed by atoms with van der Waals surface area (Å²) in [6, 6.07) is 3.00. The summed E-state index contributed by atoms with van der Waals surface area (Å²) in [6.45, 7) is 6.69. The first-order chi connectivity index (χ1) is 11.5. The van der Waals surface area contributed by atoms with Crippen molar-refractivity contribution in [1.82, 2.24) is 24.9 Å². The van der Waals surface area contributed by atoms with Gasteiger partial charge >= 0.3 is 0 Å². The molecule has 2 heterocycles. The Morgan fingerprint density at radius 3 is 2.79 bits per heavy atom. The van der Waals surface area contributed by atoms with E-state index in [1.807, 2.05) is 24.6 Å². The van der Waals surface area contributed by atoms with E-state index in [0.717, 1.165) is 41.9 Å². The molecule has 2 aromatic rings. The number of nitrogens with one attached hydrogen (secondary N) is 1. The van der Waals surface area contributed by atoms with Crippen LogP contribution in [0.25, 0.3) is 0 Å². The summed E-state index contributed by atoms with van der Waals surface area (Å²) in [5, 5.41) is 11.6. The Labute approximate surface area is 140 Å². The van der Waals surface area contributed by atoms with Crippen LogP contribution in [-0.2, 0) is 24.2 Å². The maximum Gasteiger partial charge on any atom is 0.267 e. The number of amides is 1. The van der Waals surface area contributed by atoms with E-state index in [0.29, 0.717) is 13.1 Å². The summed E-state index contributed by atoms with van der Waals surface area (Å²) in [5.74, 6) is -0.205. The molecule has 0 saturated carbocycles. The predicted octanol–water partition coefficient (Wildman–Crippen LogP) is 0.923. The van der Waals surface area contributed by atoms with Gasteiger partial charge in [0.15, 0.2) is 0 Å². The van der Waals surface area contributed by atoms with Crippen molar-refractivity contribution in [2.24, 2.45) is 0 Å². The second-order valence-electron chi connectivity index (χ2n) is 6.37. The Morgan fingerprint density at radius 2 is 2.08 bits per heavy atom. The molecule has 2 aromatic heterocycles. The van der Waals surface area contributed by atoms with Crippen molar-refractivity contribution < 1.29 is 4.79 Å². The zero-order valence-corrected chi connectivity index (χ0v) is 14.4. The lowest BCUT2D eigenvalue weighted by Crippen LogP contribution is -2.38. The van der Waals surface area contributed by atoms with Gasteiger partial charge in [0, 0.05) is 18.3 Å². The first-order valence-corrected chi connectivity index (χ1v) is 8.36. The van der Waals surface area contributed by atoms with Crippen molar-refractivity contribution >= 4 is 5.91 Å². The maximum absolute atomic E-state index is 12.3. The smallest absolute Gasteiger partial charge is 0.267 e. The molecule has 128 valence electrons. The lowest BCUT2D eigenvalue weighted by molar-refractivity contribution is -0.124.